The summed E-state index contributed by atoms with van der Waals surface area (Å²) in [6, 6.07) is 16.8. The minimum absolute atomic E-state index is 0.0585. The fraction of sp³-hybridized carbons (Fsp3) is 0.292. The van der Waals surface area contributed by atoms with Crippen molar-refractivity contribution in [3.8, 4) is 0 Å². The van der Waals surface area contributed by atoms with Gasteiger partial charge in [0.2, 0.25) is 11.8 Å². The van der Waals surface area contributed by atoms with E-state index in [2.05, 4.69) is 10.9 Å². The Morgan fingerprint density at radius 2 is 1.68 bits per heavy atom. The molecular formula is C24H28N4O3. The Kier molecular flexibility index (Phi) is 7.43. The molecule has 2 N–H and O–H groups in total. The van der Waals surface area contributed by atoms with Gasteiger partial charge in [0, 0.05) is 50.4 Å². The van der Waals surface area contributed by atoms with Crippen molar-refractivity contribution in [2.24, 2.45) is 5.92 Å². The molecule has 0 saturated carbocycles. The maximum atomic E-state index is 12.4. The third-order valence-electron chi connectivity index (χ3n) is 5.32. The highest BCUT2D eigenvalue weighted by molar-refractivity contribution is 5.96. The number of anilines is 1. The van der Waals surface area contributed by atoms with E-state index in [9.17, 15) is 14.4 Å². The fourth-order valence-corrected chi connectivity index (χ4v) is 3.42. The van der Waals surface area contributed by atoms with Crippen LogP contribution in [0.3, 0.4) is 0 Å². The average Bonchev–Trinajstić information content (AvgIpc) is 2.81. The lowest BCUT2D eigenvalue weighted by molar-refractivity contribution is -0.132. The number of carbonyl (C=O) groups excluding carboxylic acids is 3. The fourth-order valence-electron chi connectivity index (χ4n) is 3.42. The van der Waals surface area contributed by atoms with Crippen LogP contribution in [0, 0.1) is 5.92 Å². The maximum Gasteiger partial charge on any atom is 0.269 e. The monoisotopic (exact) mass is 420 g/mol. The summed E-state index contributed by atoms with van der Waals surface area (Å²) < 4.78 is 0. The molecule has 1 heterocycles. The summed E-state index contributed by atoms with van der Waals surface area (Å²) >= 11 is 0. The lowest BCUT2D eigenvalue weighted by Crippen LogP contribution is -2.48. The van der Waals surface area contributed by atoms with Gasteiger partial charge in [-0.1, -0.05) is 36.4 Å². The van der Waals surface area contributed by atoms with Crippen molar-refractivity contribution >= 4 is 29.5 Å². The molecule has 7 nitrogen and oxygen atoms in total. The molecule has 1 fully saturated rings. The quantitative estimate of drug-likeness (QED) is 0.575. The average molecular weight is 421 g/mol. The van der Waals surface area contributed by atoms with Gasteiger partial charge in [0.15, 0.2) is 0 Å². The molecule has 0 atom stereocenters. The predicted molar refractivity (Wildman–Crippen MR) is 121 cm³/mol. The highest BCUT2D eigenvalue weighted by atomic mass is 16.2. The largest absolute Gasteiger partial charge is 0.378 e. The highest BCUT2D eigenvalue weighted by Crippen LogP contribution is 2.18. The van der Waals surface area contributed by atoms with Crippen LogP contribution in [0.15, 0.2) is 60.7 Å². The summed E-state index contributed by atoms with van der Waals surface area (Å²) in [4.78, 5) is 40.8. The van der Waals surface area contributed by atoms with Gasteiger partial charge in [-0.2, -0.15) is 0 Å². The first-order valence-electron chi connectivity index (χ1n) is 10.3. The van der Waals surface area contributed by atoms with Crippen molar-refractivity contribution in [1.29, 1.82) is 0 Å². The standard InChI is InChI=1S/C24H28N4O3/c1-27(2)21-10-6-9-20(17-21)24(31)26-25-23(30)19-13-15-28(16-14-19)22(29)12-11-18-7-4-3-5-8-18/h3-12,17,19H,13-16H2,1-2H3,(H,25,30)(H,26,31)/b12-11+. The number of hydrogen-bond acceptors (Lipinski definition) is 4. The summed E-state index contributed by atoms with van der Waals surface area (Å²) in [7, 11) is 3.79. The van der Waals surface area contributed by atoms with Gasteiger partial charge in [-0.25, -0.2) is 0 Å². The van der Waals surface area contributed by atoms with E-state index in [1.807, 2.05) is 55.4 Å². The first kappa shape index (κ1) is 22.1. The van der Waals surface area contributed by atoms with Crippen LogP contribution in [0.25, 0.3) is 6.08 Å². The Hall–Kier alpha value is -3.61. The van der Waals surface area contributed by atoms with Crippen LogP contribution in [0.5, 0.6) is 0 Å². The van der Waals surface area contributed by atoms with Crippen LogP contribution in [0.2, 0.25) is 0 Å². The van der Waals surface area contributed by atoms with E-state index in [-0.39, 0.29) is 23.6 Å². The number of rotatable bonds is 5. The number of amides is 3. The van der Waals surface area contributed by atoms with E-state index in [4.69, 9.17) is 0 Å². The van der Waals surface area contributed by atoms with Gasteiger partial charge in [-0.15, -0.1) is 0 Å². The summed E-state index contributed by atoms with van der Waals surface area (Å²) in [5, 5.41) is 0. The topological polar surface area (TPSA) is 81.8 Å². The molecule has 7 heteroatoms. The molecule has 31 heavy (non-hydrogen) atoms. The van der Waals surface area contributed by atoms with Crippen molar-refractivity contribution in [3.05, 3.63) is 71.8 Å². The van der Waals surface area contributed by atoms with Crippen molar-refractivity contribution in [2.45, 2.75) is 12.8 Å². The summed E-state index contributed by atoms with van der Waals surface area (Å²) in [6.45, 7) is 1.02. The number of nitrogens with one attached hydrogen (secondary N) is 2. The molecule has 3 amide bonds. The molecule has 0 aromatic heterocycles. The van der Waals surface area contributed by atoms with Crippen molar-refractivity contribution in [3.63, 3.8) is 0 Å². The van der Waals surface area contributed by atoms with Crippen LogP contribution >= 0.6 is 0 Å². The zero-order valence-electron chi connectivity index (χ0n) is 17.9. The minimum Gasteiger partial charge on any atom is -0.378 e. The van der Waals surface area contributed by atoms with E-state index in [0.29, 0.717) is 31.5 Å². The highest BCUT2D eigenvalue weighted by Gasteiger charge is 2.26. The Balaban J connectivity index is 1.45. The van der Waals surface area contributed by atoms with Gasteiger partial charge in [-0.3, -0.25) is 25.2 Å². The van der Waals surface area contributed by atoms with Gasteiger partial charge in [0.05, 0.1) is 0 Å². The van der Waals surface area contributed by atoms with E-state index in [0.717, 1.165) is 11.3 Å². The lowest BCUT2D eigenvalue weighted by Gasteiger charge is -2.30. The number of nitrogens with zero attached hydrogens (tertiary/aromatic N) is 2. The molecule has 0 radical (unpaired) electrons. The second kappa shape index (κ2) is 10.4. The molecule has 2 aromatic rings. The normalized spacial score (nSPS) is 14.3. The molecule has 1 saturated heterocycles. The number of likely N-dealkylation sites (tertiary alicyclic amines) is 1. The molecule has 2 aromatic carbocycles. The van der Waals surface area contributed by atoms with Gasteiger partial charge >= 0.3 is 0 Å². The van der Waals surface area contributed by atoms with E-state index < -0.39 is 0 Å². The minimum atomic E-state index is -0.365. The molecule has 3 rings (SSSR count). The molecule has 0 unspecified atom stereocenters. The van der Waals surface area contributed by atoms with Crippen LogP contribution in [-0.4, -0.2) is 49.8 Å². The molecular weight excluding hydrogens is 392 g/mol. The predicted octanol–water partition coefficient (Wildman–Crippen LogP) is 2.47. The molecule has 0 aliphatic carbocycles. The third-order valence-corrected chi connectivity index (χ3v) is 5.32. The Morgan fingerprint density at radius 3 is 2.35 bits per heavy atom. The second-order valence-electron chi connectivity index (χ2n) is 7.73. The van der Waals surface area contributed by atoms with E-state index in [1.54, 1.807) is 35.3 Å². The number of hydrazine groups is 1. The maximum absolute atomic E-state index is 12.4. The SMILES string of the molecule is CN(C)c1cccc(C(=O)NNC(=O)C2CCN(C(=O)/C=C/c3ccccc3)CC2)c1. The van der Waals surface area contributed by atoms with Gasteiger partial charge < -0.3 is 9.80 Å². The lowest BCUT2D eigenvalue weighted by atomic mass is 9.96. The number of hydrogen-bond donors (Lipinski definition) is 2. The number of piperidine rings is 1. The van der Waals surface area contributed by atoms with Crippen LogP contribution < -0.4 is 15.8 Å². The first-order valence-corrected chi connectivity index (χ1v) is 10.3. The third kappa shape index (κ3) is 6.18. The molecule has 1 aliphatic rings. The Labute approximate surface area is 182 Å². The summed E-state index contributed by atoms with van der Waals surface area (Å²) in [5.41, 5.74) is 7.35. The summed E-state index contributed by atoms with van der Waals surface area (Å²) in [5.74, 6) is -0.896. The van der Waals surface area contributed by atoms with Crippen molar-refractivity contribution < 1.29 is 14.4 Å². The summed E-state index contributed by atoms with van der Waals surface area (Å²) in [6.07, 6.45) is 4.48. The first-order chi connectivity index (χ1) is 14.9. The van der Waals surface area contributed by atoms with Crippen LogP contribution in [0.4, 0.5) is 5.69 Å². The van der Waals surface area contributed by atoms with Gasteiger partial charge in [-0.05, 0) is 42.7 Å². The molecule has 0 bridgehead atoms. The molecule has 1 aliphatic heterocycles. The van der Waals surface area contributed by atoms with Gasteiger partial charge in [0.1, 0.15) is 0 Å². The van der Waals surface area contributed by atoms with Crippen molar-refractivity contribution in [2.75, 3.05) is 32.1 Å². The Morgan fingerprint density at radius 1 is 0.968 bits per heavy atom. The van der Waals surface area contributed by atoms with E-state index >= 15 is 0 Å². The van der Waals surface area contributed by atoms with Crippen LogP contribution in [0.1, 0.15) is 28.8 Å². The Bertz CT molecular complexity index is 948. The van der Waals surface area contributed by atoms with Crippen molar-refractivity contribution in [1.82, 2.24) is 15.8 Å². The van der Waals surface area contributed by atoms with Gasteiger partial charge in [0.25, 0.3) is 5.91 Å². The smallest absolute Gasteiger partial charge is 0.269 e. The molecule has 0 spiro atoms. The molecule has 162 valence electrons. The zero-order chi connectivity index (χ0) is 22.2. The van der Waals surface area contributed by atoms with E-state index in [1.165, 1.54) is 0 Å². The number of carbonyl (C=O) groups is 3. The zero-order valence-corrected chi connectivity index (χ0v) is 17.9. The number of benzene rings is 2. The van der Waals surface area contributed by atoms with Crippen LogP contribution in [-0.2, 0) is 9.59 Å². The second-order valence-corrected chi connectivity index (χ2v) is 7.73.